The lowest BCUT2D eigenvalue weighted by Crippen LogP contribution is -2.54. The molecule has 1 fully saturated rings. The number of carbonyl (C=O) groups is 3. The van der Waals surface area contributed by atoms with Crippen molar-refractivity contribution < 1.29 is 28.6 Å². The van der Waals surface area contributed by atoms with Crippen LogP contribution in [0.2, 0.25) is 0 Å². The SMILES string of the molecule is CCOc1ccc(N2C(=O)NC(=O)/C(=C/c3ccc(OC)c(OCC)c3)C2=O)cc1. The third-order valence-corrected chi connectivity index (χ3v) is 4.31. The Morgan fingerprint density at radius 3 is 2.27 bits per heavy atom. The van der Waals surface area contributed by atoms with Gasteiger partial charge in [0.15, 0.2) is 11.5 Å². The largest absolute Gasteiger partial charge is 0.494 e. The van der Waals surface area contributed by atoms with E-state index in [0.29, 0.717) is 41.7 Å². The van der Waals surface area contributed by atoms with Crippen molar-refractivity contribution in [1.82, 2.24) is 5.32 Å². The van der Waals surface area contributed by atoms with Gasteiger partial charge in [0.05, 0.1) is 26.0 Å². The standard InChI is InChI=1S/C22H22N2O6/c1-4-29-16-9-7-15(8-10-16)24-21(26)17(20(25)23-22(24)27)12-14-6-11-18(28-3)19(13-14)30-5-2/h6-13H,4-5H2,1-3H3,(H,23,25,27)/b17-12-. The van der Waals surface area contributed by atoms with E-state index in [0.717, 1.165) is 4.90 Å². The fourth-order valence-electron chi connectivity index (χ4n) is 2.97. The van der Waals surface area contributed by atoms with Gasteiger partial charge in [-0.2, -0.15) is 0 Å². The van der Waals surface area contributed by atoms with Gasteiger partial charge >= 0.3 is 6.03 Å². The van der Waals surface area contributed by atoms with E-state index in [2.05, 4.69) is 5.32 Å². The third kappa shape index (κ3) is 4.27. The number of imide groups is 2. The molecule has 3 rings (SSSR count). The summed E-state index contributed by atoms with van der Waals surface area (Å²) in [5.41, 5.74) is 0.707. The van der Waals surface area contributed by atoms with Gasteiger partial charge in [-0.15, -0.1) is 0 Å². The molecule has 0 aromatic heterocycles. The van der Waals surface area contributed by atoms with Crippen molar-refractivity contribution >= 4 is 29.6 Å². The van der Waals surface area contributed by atoms with E-state index in [1.807, 2.05) is 13.8 Å². The summed E-state index contributed by atoms with van der Waals surface area (Å²) < 4.78 is 16.2. The van der Waals surface area contributed by atoms with Gasteiger partial charge in [-0.25, -0.2) is 9.69 Å². The maximum Gasteiger partial charge on any atom is 0.335 e. The predicted molar refractivity (Wildman–Crippen MR) is 111 cm³/mol. The highest BCUT2D eigenvalue weighted by Gasteiger charge is 2.36. The first-order valence-electron chi connectivity index (χ1n) is 9.43. The Balaban J connectivity index is 1.95. The van der Waals surface area contributed by atoms with E-state index in [9.17, 15) is 14.4 Å². The van der Waals surface area contributed by atoms with Crippen molar-refractivity contribution in [2.75, 3.05) is 25.2 Å². The van der Waals surface area contributed by atoms with Crippen LogP contribution in [0.5, 0.6) is 17.2 Å². The number of methoxy groups -OCH3 is 1. The van der Waals surface area contributed by atoms with Crippen LogP contribution in [-0.2, 0) is 9.59 Å². The minimum absolute atomic E-state index is 0.170. The lowest BCUT2D eigenvalue weighted by Gasteiger charge is -2.26. The summed E-state index contributed by atoms with van der Waals surface area (Å²) in [5.74, 6) is 0.143. The van der Waals surface area contributed by atoms with Crippen LogP contribution in [0.4, 0.5) is 10.5 Å². The van der Waals surface area contributed by atoms with Crippen LogP contribution < -0.4 is 24.4 Å². The van der Waals surface area contributed by atoms with Crippen LogP contribution in [-0.4, -0.2) is 38.2 Å². The topological polar surface area (TPSA) is 94.2 Å². The van der Waals surface area contributed by atoms with Gasteiger partial charge < -0.3 is 14.2 Å². The summed E-state index contributed by atoms with van der Waals surface area (Å²) in [6.07, 6.45) is 1.41. The third-order valence-electron chi connectivity index (χ3n) is 4.31. The minimum Gasteiger partial charge on any atom is -0.494 e. The molecule has 4 amide bonds. The first-order chi connectivity index (χ1) is 14.5. The Morgan fingerprint density at radius 2 is 1.63 bits per heavy atom. The molecule has 0 atom stereocenters. The summed E-state index contributed by atoms with van der Waals surface area (Å²) in [7, 11) is 1.52. The van der Waals surface area contributed by atoms with Crippen LogP contribution in [0.15, 0.2) is 48.0 Å². The lowest BCUT2D eigenvalue weighted by atomic mass is 10.1. The number of benzene rings is 2. The Bertz CT molecular complexity index is 997. The van der Waals surface area contributed by atoms with Crippen LogP contribution in [0.3, 0.4) is 0 Å². The van der Waals surface area contributed by atoms with Crippen LogP contribution >= 0.6 is 0 Å². The summed E-state index contributed by atoms with van der Waals surface area (Å²) in [4.78, 5) is 38.6. The number of hydrogen-bond donors (Lipinski definition) is 1. The number of ether oxygens (including phenoxy) is 3. The van der Waals surface area contributed by atoms with Crippen molar-refractivity contribution in [3.05, 3.63) is 53.6 Å². The Labute approximate surface area is 174 Å². The molecule has 1 saturated heterocycles. The molecule has 0 aliphatic carbocycles. The van der Waals surface area contributed by atoms with Crippen molar-refractivity contribution in [2.24, 2.45) is 0 Å². The number of nitrogens with one attached hydrogen (secondary N) is 1. The van der Waals surface area contributed by atoms with E-state index in [1.54, 1.807) is 42.5 Å². The molecule has 0 bridgehead atoms. The molecule has 1 aliphatic rings. The van der Waals surface area contributed by atoms with E-state index in [1.165, 1.54) is 13.2 Å². The second-order valence-corrected chi connectivity index (χ2v) is 6.23. The minimum atomic E-state index is -0.809. The zero-order chi connectivity index (χ0) is 21.7. The van der Waals surface area contributed by atoms with Crippen molar-refractivity contribution in [2.45, 2.75) is 13.8 Å². The number of hydrogen-bond acceptors (Lipinski definition) is 6. The number of carbonyl (C=O) groups excluding carboxylic acids is 3. The lowest BCUT2D eigenvalue weighted by molar-refractivity contribution is -0.122. The van der Waals surface area contributed by atoms with Gasteiger partial charge in [0, 0.05) is 0 Å². The van der Waals surface area contributed by atoms with E-state index in [-0.39, 0.29) is 5.57 Å². The van der Waals surface area contributed by atoms with Crippen LogP contribution in [0.25, 0.3) is 6.08 Å². The monoisotopic (exact) mass is 410 g/mol. The quantitative estimate of drug-likeness (QED) is 0.557. The molecule has 0 spiro atoms. The molecule has 0 radical (unpaired) electrons. The molecule has 1 heterocycles. The van der Waals surface area contributed by atoms with E-state index >= 15 is 0 Å². The normalized spacial score (nSPS) is 15.2. The number of urea groups is 1. The highest BCUT2D eigenvalue weighted by atomic mass is 16.5. The number of barbiturate groups is 1. The van der Waals surface area contributed by atoms with Crippen molar-refractivity contribution in [3.8, 4) is 17.2 Å². The van der Waals surface area contributed by atoms with Gasteiger partial charge in [-0.05, 0) is 61.9 Å². The van der Waals surface area contributed by atoms with Crippen LogP contribution in [0.1, 0.15) is 19.4 Å². The van der Waals surface area contributed by atoms with E-state index < -0.39 is 17.8 Å². The molecular weight excluding hydrogens is 388 g/mol. The molecule has 0 unspecified atom stereocenters. The first kappa shape index (κ1) is 20.9. The van der Waals surface area contributed by atoms with Crippen molar-refractivity contribution in [3.63, 3.8) is 0 Å². The highest BCUT2D eigenvalue weighted by molar-refractivity contribution is 6.39. The summed E-state index contributed by atoms with van der Waals surface area (Å²) in [6, 6.07) is 10.7. The Kier molecular flexibility index (Phi) is 6.36. The average molecular weight is 410 g/mol. The Morgan fingerprint density at radius 1 is 0.933 bits per heavy atom. The number of rotatable bonds is 7. The molecule has 2 aromatic carbocycles. The Hall–Kier alpha value is -3.81. The van der Waals surface area contributed by atoms with Crippen LogP contribution in [0, 0.1) is 0 Å². The zero-order valence-electron chi connectivity index (χ0n) is 16.9. The van der Waals surface area contributed by atoms with Gasteiger partial charge in [0.25, 0.3) is 11.8 Å². The first-order valence-corrected chi connectivity index (χ1v) is 9.43. The summed E-state index contributed by atoms with van der Waals surface area (Å²) in [5, 5.41) is 2.20. The van der Waals surface area contributed by atoms with Gasteiger partial charge in [-0.1, -0.05) is 6.07 Å². The second kappa shape index (κ2) is 9.13. The van der Waals surface area contributed by atoms with Gasteiger partial charge in [-0.3, -0.25) is 14.9 Å². The number of nitrogens with zero attached hydrogens (tertiary/aromatic N) is 1. The molecule has 8 nitrogen and oxygen atoms in total. The highest BCUT2D eigenvalue weighted by Crippen LogP contribution is 2.30. The second-order valence-electron chi connectivity index (χ2n) is 6.23. The number of anilines is 1. The summed E-state index contributed by atoms with van der Waals surface area (Å²) in [6.45, 7) is 4.61. The molecule has 156 valence electrons. The summed E-state index contributed by atoms with van der Waals surface area (Å²) >= 11 is 0. The van der Waals surface area contributed by atoms with Gasteiger partial charge in [0.1, 0.15) is 11.3 Å². The average Bonchev–Trinajstić information content (AvgIpc) is 2.73. The smallest absolute Gasteiger partial charge is 0.335 e. The number of amides is 4. The van der Waals surface area contributed by atoms with Gasteiger partial charge in [0.2, 0.25) is 0 Å². The molecule has 1 N–H and O–H groups in total. The zero-order valence-corrected chi connectivity index (χ0v) is 16.9. The maximum atomic E-state index is 13.0. The predicted octanol–water partition coefficient (Wildman–Crippen LogP) is 3.16. The maximum absolute atomic E-state index is 13.0. The molecule has 8 heteroatoms. The van der Waals surface area contributed by atoms with E-state index in [4.69, 9.17) is 14.2 Å². The molecule has 2 aromatic rings. The molecule has 1 aliphatic heterocycles. The van der Waals surface area contributed by atoms with Crippen molar-refractivity contribution in [1.29, 1.82) is 0 Å². The molecular formula is C22H22N2O6. The molecule has 30 heavy (non-hydrogen) atoms. The molecule has 0 saturated carbocycles. The fourth-order valence-corrected chi connectivity index (χ4v) is 2.97. The fraction of sp³-hybridized carbons (Fsp3) is 0.227.